The van der Waals surface area contributed by atoms with Crippen molar-refractivity contribution >= 4 is 47.4 Å². The van der Waals surface area contributed by atoms with Crippen molar-refractivity contribution in [3.05, 3.63) is 130 Å². The molecule has 1 N–H and O–H groups in total. The van der Waals surface area contributed by atoms with Crippen LogP contribution >= 0.6 is 27.3 Å². The van der Waals surface area contributed by atoms with Gasteiger partial charge in [0.05, 0.1) is 0 Å². The quantitative estimate of drug-likeness (QED) is 0.243. The lowest BCUT2D eigenvalue weighted by Crippen LogP contribution is -2.27. The summed E-state index contributed by atoms with van der Waals surface area (Å²) in [6.45, 7) is 0. The van der Waals surface area contributed by atoms with Crippen LogP contribution in [0.1, 0.15) is 16.7 Å². The third kappa shape index (κ3) is 2.69. The molecule has 0 fully saturated rings. The van der Waals surface area contributed by atoms with Gasteiger partial charge in [-0.3, -0.25) is 0 Å². The van der Waals surface area contributed by atoms with Crippen LogP contribution in [0.25, 0.3) is 42.4 Å². The summed E-state index contributed by atoms with van der Waals surface area (Å²) in [5.41, 5.74) is 5.87. The van der Waals surface area contributed by atoms with Gasteiger partial charge in [0.1, 0.15) is 5.60 Å². The van der Waals surface area contributed by atoms with Gasteiger partial charge in [0, 0.05) is 41.3 Å². The van der Waals surface area contributed by atoms with Crippen LogP contribution in [0.5, 0.6) is 0 Å². The van der Waals surface area contributed by atoms with E-state index in [0.717, 1.165) is 43.4 Å². The van der Waals surface area contributed by atoms with E-state index >= 15 is 0 Å². The van der Waals surface area contributed by atoms with Crippen LogP contribution in [0.4, 0.5) is 0 Å². The summed E-state index contributed by atoms with van der Waals surface area (Å²) >= 11 is 5.46. The summed E-state index contributed by atoms with van der Waals surface area (Å²) in [7, 11) is 0. The predicted molar refractivity (Wildman–Crippen MR) is 146 cm³/mol. The minimum Gasteiger partial charge on any atom is -0.376 e. The molecule has 1 aliphatic carbocycles. The Balaban J connectivity index is 1.58. The standard InChI is InChI=1S/C31H19BrOS/c32-19-16-17-22-20-8-1-4-12-25(20)31(33,27(22)18-19)26-13-5-2-9-21(26)23-11-7-15-29-30(23)24-10-3-6-14-28(24)34-29/h1-18,33H. The molecular weight excluding hydrogens is 500 g/mol. The summed E-state index contributed by atoms with van der Waals surface area (Å²) in [5, 5.41) is 15.2. The van der Waals surface area contributed by atoms with Gasteiger partial charge in [0.15, 0.2) is 0 Å². The Hall–Kier alpha value is -3.24. The summed E-state index contributed by atoms with van der Waals surface area (Å²) in [6.07, 6.45) is 0. The smallest absolute Gasteiger partial charge is 0.142 e. The van der Waals surface area contributed by atoms with E-state index in [1.807, 2.05) is 35.6 Å². The number of halogens is 1. The van der Waals surface area contributed by atoms with Gasteiger partial charge in [-0.05, 0) is 46.5 Å². The van der Waals surface area contributed by atoms with E-state index in [0.29, 0.717) is 0 Å². The first-order valence-corrected chi connectivity index (χ1v) is 12.9. The molecule has 0 radical (unpaired) electrons. The van der Waals surface area contributed by atoms with E-state index in [2.05, 4.69) is 101 Å². The highest BCUT2D eigenvalue weighted by molar-refractivity contribution is 9.10. The predicted octanol–water partition coefficient (Wildman–Crippen LogP) is 8.75. The van der Waals surface area contributed by atoms with Gasteiger partial charge in [0.2, 0.25) is 0 Å². The fraction of sp³-hybridized carbons (Fsp3) is 0.0323. The number of hydrogen-bond acceptors (Lipinski definition) is 2. The highest BCUT2D eigenvalue weighted by Crippen LogP contribution is 2.54. The zero-order valence-corrected chi connectivity index (χ0v) is 20.5. The molecule has 5 aromatic carbocycles. The van der Waals surface area contributed by atoms with Gasteiger partial charge in [0.25, 0.3) is 0 Å². The van der Waals surface area contributed by atoms with Crippen LogP contribution < -0.4 is 0 Å². The van der Waals surface area contributed by atoms with E-state index < -0.39 is 5.60 Å². The zero-order valence-electron chi connectivity index (χ0n) is 18.1. The minimum absolute atomic E-state index is 0.905. The van der Waals surface area contributed by atoms with Gasteiger partial charge in [-0.25, -0.2) is 0 Å². The van der Waals surface area contributed by atoms with Crippen LogP contribution in [-0.2, 0) is 5.60 Å². The summed E-state index contributed by atoms with van der Waals surface area (Å²) in [5.74, 6) is 0. The molecule has 1 nitrogen and oxygen atoms in total. The number of aliphatic hydroxyl groups is 1. The maximum absolute atomic E-state index is 12.7. The Morgan fingerprint density at radius 2 is 1.15 bits per heavy atom. The van der Waals surface area contributed by atoms with E-state index in [9.17, 15) is 5.11 Å². The molecule has 0 spiro atoms. The molecule has 0 saturated carbocycles. The molecule has 1 aliphatic rings. The molecule has 6 aromatic rings. The molecule has 0 aliphatic heterocycles. The van der Waals surface area contributed by atoms with E-state index in [1.54, 1.807) is 0 Å². The second-order valence-corrected chi connectivity index (χ2v) is 10.8. The van der Waals surface area contributed by atoms with Crippen LogP contribution in [0.15, 0.2) is 114 Å². The molecule has 1 atom stereocenters. The molecule has 0 amide bonds. The van der Waals surface area contributed by atoms with Gasteiger partial charge >= 0.3 is 0 Å². The van der Waals surface area contributed by atoms with Gasteiger partial charge in [-0.1, -0.05) is 101 Å². The van der Waals surface area contributed by atoms with Crippen LogP contribution in [0, 0.1) is 0 Å². The molecule has 162 valence electrons. The summed E-state index contributed by atoms with van der Waals surface area (Å²) in [6, 6.07) is 37.8. The highest BCUT2D eigenvalue weighted by atomic mass is 79.9. The van der Waals surface area contributed by atoms with E-state index in [4.69, 9.17) is 0 Å². The molecule has 7 rings (SSSR count). The van der Waals surface area contributed by atoms with Crippen molar-refractivity contribution in [2.24, 2.45) is 0 Å². The minimum atomic E-state index is -1.25. The molecule has 1 heterocycles. The lowest BCUT2D eigenvalue weighted by atomic mass is 9.80. The topological polar surface area (TPSA) is 20.2 Å². The first-order valence-electron chi connectivity index (χ1n) is 11.3. The lowest BCUT2D eigenvalue weighted by molar-refractivity contribution is 0.131. The fourth-order valence-corrected chi connectivity index (χ4v) is 7.05. The number of benzene rings is 5. The normalized spacial score (nSPS) is 16.6. The molecule has 3 heteroatoms. The average molecular weight is 519 g/mol. The fourth-order valence-electron chi connectivity index (χ4n) is 5.55. The Bertz CT molecular complexity index is 1750. The van der Waals surface area contributed by atoms with Crippen molar-refractivity contribution in [2.75, 3.05) is 0 Å². The number of hydrogen-bond donors (Lipinski definition) is 1. The SMILES string of the molecule is OC1(c2ccccc2-c2cccc3sc4ccccc4c23)c2ccccc2-c2ccc(Br)cc21. The maximum Gasteiger partial charge on any atom is 0.142 e. The van der Waals surface area contributed by atoms with Crippen molar-refractivity contribution in [1.82, 2.24) is 0 Å². The third-order valence-electron chi connectivity index (χ3n) is 6.99. The molecule has 0 saturated heterocycles. The molecular formula is C31H19BrOS. The molecule has 0 bridgehead atoms. The average Bonchev–Trinajstić information content (AvgIpc) is 3.38. The first-order chi connectivity index (χ1) is 16.7. The monoisotopic (exact) mass is 518 g/mol. The van der Waals surface area contributed by atoms with Crippen molar-refractivity contribution in [3.8, 4) is 22.3 Å². The van der Waals surface area contributed by atoms with Crippen molar-refractivity contribution in [2.45, 2.75) is 5.60 Å². The Kier molecular flexibility index (Phi) is 4.38. The Morgan fingerprint density at radius 1 is 0.559 bits per heavy atom. The molecule has 1 unspecified atom stereocenters. The number of rotatable bonds is 2. The number of fused-ring (bicyclic) bond motifs is 6. The van der Waals surface area contributed by atoms with Crippen LogP contribution in [0.3, 0.4) is 0 Å². The van der Waals surface area contributed by atoms with Crippen molar-refractivity contribution < 1.29 is 5.11 Å². The van der Waals surface area contributed by atoms with Crippen molar-refractivity contribution in [1.29, 1.82) is 0 Å². The first kappa shape index (κ1) is 20.2. The third-order valence-corrected chi connectivity index (χ3v) is 8.62. The number of thiophene rings is 1. The van der Waals surface area contributed by atoms with E-state index in [-0.39, 0.29) is 0 Å². The van der Waals surface area contributed by atoms with Gasteiger partial charge in [-0.2, -0.15) is 0 Å². The zero-order chi connectivity index (χ0) is 22.9. The Labute approximate surface area is 210 Å². The van der Waals surface area contributed by atoms with Gasteiger partial charge < -0.3 is 5.11 Å². The summed E-state index contributed by atoms with van der Waals surface area (Å²) in [4.78, 5) is 0. The lowest BCUT2D eigenvalue weighted by Gasteiger charge is -2.29. The molecule has 34 heavy (non-hydrogen) atoms. The maximum atomic E-state index is 12.7. The molecule has 1 aromatic heterocycles. The second kappa shape index (κ2) is 7.38. The largest absolute Gasteiger partial charge is 0.376 e. The van der Waals surface area contributed by atoms with Crippen LogP contribution in [-0.4, -0.2) is 5.11 Å². The highest BCUT2D eigenvalue weighted by Gasteiger charge is 2.44. The van der Waals surface area contributed by atoms with Crippen LogP contribution in [0.2, 0.25) is 0 Å². The van der Waals surface area contributed by atoms with Gasteiger partial charge in [-0.15, -0.1) is 11.3 Å². The Morgan fingerprint density at radius 3 is 1.94 bits per heavy atom. The van der Waals surface area contributed by atoms with Crippen molar-refractivity contribution in [3.63, 3.8) is 0 Å². The van der Waals surface area contributed by atoms with E-state index in [1.165, 1.54) is 20.2 Å². The summed E-state index contributed by atoms with van der Waals surface area (Å²) < 4.78 is 3.50. The second-order valence-electron chi connectivity index (χ2n) is 8.77.